The summed E-state index contributed by atoms with van der Waals surface area (Å²) in [4.78, 5) is 34.6. The molecule has 1 fully saturated rings. The Morgan fingerprint density at radius 3 is 2.62 bits per heavy atom. The minimum atomic E-state index is -0.449. The number of aromatic nitrogens is 2. The van der Waals surface area contributed by atoms with Gasteiger partial charge in [0.2, 0.25) is 11.9 Å². The number of aromatic amines is 1. The van der Waals surface area contributed by atoms with Crippen LogP contribution in [0, 0.1) is 0 Å². The fraction of sp³-hybridized carbons (Fsp3) is 0.389. The van der Waals surface area contributed by atoms with Crippen molar-refractivity contribution in [2.75, 3.05) is 23.3 Å². The normalized spacial score (nSPS) is 19.8. The minimum Gasteiger partial charge on any atom is -0.342 e. The molecule has 136 valence electrons. The molecule has 2 N–H and O–H groups in total. The number of carbonyl (C=O) groups is 1. The highest BCUT2D eigenvalue weighted by atomic mass is 35.5. The molecule has 0 spiro atoms. The molecule has 2 aliphatic rings. The zero-order chi connectivity index (χ0) is 18.3. The summed E-state index contributed by atoms with van der Waals surface area (Å²) >= 11 is 12.3. The first-order chi connectivity index (χ1) is 12.5. The van der Waals surface area contributed by atoms with Gasteiger partial charge in [-0.2, -0.15) is 4.98 Å². The van der Waals surface area contributed by atoms with Crippen LogP contribution in [0.15, 0.2) is 23.0 Å². The molecule has 1 aromatic heterocycles. The Morgan fingerprint density at radius 2 is 1.88 bits per heavy atom. The molecule has 8 heteroatoms. The lowest BCUT2D eigenvalue weighted by molar-refractivity contribution is -0.116. The number of nitrogens with zero attached hydrogens (tertiary/aromatic N) is 2. The molecule has 6 nitrogen and oxygen atoms in total. The first-order valence-corrected chi connectivity index (χ1v) is 9.42. The number of hydrogen-bond donors (Lipinski definition) is 2. The Kier molecular flexibility index (Phi) is 4.63. The molecular formula is C18H18Cl2N4O2. The fourth-order valence-corrected chi connectivity index (χ4v) is 4.20. The number of piperidine rings is 1. The van der Waals surface area contributed by atoms with Gasteiger partial charge in [0.05, 0.1) is 5.56 Å². The number of rotatable bonds is 2. The topological polar surface area (TPSA) is 78.1 Å². The van der Waals surface area contributed by atoms with E-state index in [4.69, 9.17) is 23.2 Å². The van der Waals surface area contributed by atoms with E-state index in [1.54, 1.807) is 18.2 Å². The van der Waals surface area contributed by atoms with E-state index in [0.29, 0.717) is 32.9 Å². The highest BCUT2D eigenvalue weighted by Gasteiger charge is 2.32. The van der Waals surface area contributed by atoms with Gasteiger partial charge < -0.3 is 10.2 Å². The van der Waals surface area contributed by atoms with Crippen molar-refractivity contribution in [3.8, 4) is 0 Å². The summed E-state index contributed by atoms with van der Waals surface area (Å²) in [7, 11) is 0. The van der Waals surface area contributed by atoms with Crippen LogP contribution in [0.25, 0.3) is 0 Å². The van der Waals surface area contributed by atoms with E-state index in [9.17, 15) is 9.59 Å². The van der Waals surface area contributed by atoms with Crippen LogP contribution in [0.1, 0.15) is 42.7 Å². The average Bonchev–Trinajstić information content (AvgIpc) is 2.61. The highest BCUT2D eigenvalue weighted by Crippen LogP contribution is 2.38. The summed E-state index contributed by atoms with van der Waals surface area (Å²) in [5, 5.41) is 3.68. The second kappa shape index (κ2) is 6.93. The fourth-order valence-electron chi connectivity index (χ4n) is 3.66. The molecule has 1 amide bonds. The van der Waals surface area contributed by atoms with Crippen molar-refractivity contribution in [1.82, 2.24) is 9.97 Å². The van der Waals surface area contributed by atoms with Crippen LogP contribution in [-0.2, 0) is 4.79 Å². The van der Waals surface area contributed by atoms with Crippen molar-refractivity contribution in [3.63, 3.8) is 0 Å². The molecule has 0 saturated carbocycles. The molecule has 0 unspecified atom stereocenters. The van der Waals surface area contributed by atoms with Crippen LogP contribution >= 0.6 is 23.2 Å². The summed E-state index contributed by atoms with van der Waals surface area (Å²) < 4.78 is 0. The van der Waals surface area contributed by atoms with Crippen molar-refractivity contribution in [1.29, 1.82) is 0 Å². The summed E-state index contributed by atoms with van der Waals surface area (Å²) in [6.45, 7) is 1.70. The molecule has 1 aromatic carbocycles. The Balaban J connectivity index is 1.80. The zero-order valence-corrected chi connectivity index (χ0v) is 15.5. The molecule has 0 radical (unpaired) electrons. The maximum atomic E-state index is 12.9. The van der Waals surface area contributed by atoms with Crippen molar-refractivity contribution < 1.29 is 4.79 Å². The van der Waals surface area contributed by atoms with Crippen LogP contribution in [0.2, 0.25) is 10.0 Å². The molecule has 0 aliphatic carbocycles. The van der Waals surface area contributed by atoms with Crippen molar-refractivity contribution in [2.24, 2.45) is 0 Å². The Hall–Kier alpha value is -2.05. The number of nitrogens with one attached hydrogen (secondary N) is 2. The molecule has 2 aromatic rings. The van der Waals surface area contributed by atoms with Gasteiger partial charge >= 0.3 is 0 Å². The first-order valence-electron chi connectivity index (χ1n) is 8.67. The van der Waals surface area contributed by atoms with E-state index in [1.807, 2.05) is 0 Å². The van der Waals surface area contributed by atoms with Gasteiger partial charge in [0.1, 0.15) is 5.82 Å². The van der Waals surface area contributed by atoms with E-state index in [-0.39, 0.29) is 17.9 Å². The van der Waals surface area contributed by atoms with Gasteiger partial charge in [0.15, 0.2) is 0 Å². The Bertz CT molecular complexity index is 922. The van der Waals surface area contributed by atoms with Crippen molar-refractivity contribution in [2.45, 2.75) is 31.6 Å². The van der Waals surface area contributed by atoms with Crippen LogP contribution in [0.3, 0.4) is 0 Å². The number of benzene rings is 1. The lowest BCUT2D eigenvalue weighted by atomic mass is 9.87. The van der Waals surface area contributed by atoms with Gasteiger partial charge in [-0.3, -0.25) is 14.6 Å². The van der Waals surface area contributed by atoms with Crippen LogP contribution in [0.4, 0.5) is 11.8 Å². The maximum Gasteiger partial charge on any atom is 0.258 e. The molecule has 0 bridgehead atoms. The number of halogens is 2. The molecule has 1 saturated heterocycles. The van der Waals surface area contributed by atoms with Gasteiger partial charge in [-0.05, 0) is 37.0 Å². The van der Waals surface area contributed by atoms with Gasteiger partial charge in [-0.25, -0.2) is 0 Å². The number of H-pyrrole nitrogens is 1. The third-order valence-electron chi connectivity index (χ3n) is 4.93. The van der Waals surface area contributed by atoms with Crippen molar-refractivity contribution >= 4 is 40.9 Å². The SMILES string of the molecule is O=C1C[C@H](c2ccc(Cl)cc2Cl)c2c(nc(N3CCCCC3)[nH]c2=O)N1. The second-order valence-corrected chi connectivity index (χ2v) is 7.51. The third kappa shape index (κ3) is 3.19. The number of amides is 1. The lowest BCUT2D eigenvalue weighted by Gasteiger charge is -2.30. The zero-order valence-electron chi connectivity index (χ0n) is 14.0. The molecule has 2 aliphatic heterocycles. The van der Waals surface area contributed by atoms with Gasteiger partial charge in [0, 0.05) is 35.5 Å². The monoisotopic (exact) mass is 392 g/mol. The largest absolute Gasteiger partial charge is 0.342 e. The van der Waals surface area contributed by atoms with Gasteiger partial charge in [-0.1, -0.05) is 29.3 Å². The lowest BCUT2D eigenvalue weighted by Crippen LogP contribution is -2.36. The summed E-state index contributed by atoms with van der Waals surface area (Å²) in [5.41, 5.74) is 0.895. The Labute approximate surface area is 160 Å². The molecular weight excluding hydrogens is 375 g/mol. The van der Waals surface area contributed by atoms with Gasteiger partial charge in [0.25, 0.3) is 5.56 Å². The standard InChI is InChI=1S/C18H18Cl2N4O2/c19-10-4-5-11(13(20)8-10)12-9-14(25)21-16-15(12)17(26)23-18(22-16)24-6-2-1-3-7-24/h4-5,8,12H,1-3,6-7,9H2,(H2,21,22,23,25,26)/t12-/m1/s1. The summed E-state index contributed by atoms with van der Waals surface area (Å²) in [6.07, 6.45) is 3.45. The number of anilines is 2. The predicted octanol–water partition coefficient (Wildman–Crippen LogP) is 3.54. The number of fused-ring (bicyclic) bond motifs is 1. The third-order valence-corrected chi connectivity index (χ3v) is 5.49. The van der Waals surface area contributed by atoms with Crippen LogP contribution < -0.4 is 15.8 Å². The minimum absolute atomic E-state index is 0.141. The second-order valence-electron chi connectivity index (χ2n) is 6.67. The predicted molar refractivity (Wildman–Crippen MR) is 102 cm³/mol. The highest BCUT2D eigenvalue weighted by molar-refractivity contribution is 6.35. The van der Waals surface area contributed by atoms with E-state index in [0.717, 1.165) is 25.9 Å². The molecule has 3 heterocycles. The molecule has 1 atom stereocenters. The van der Waals surface area contributed by atoms with E-state index >= 15 is 0 Å². The number of hydrogen-bond acceptors (Lipinski definition) is 4. The maximum absolute atomic E-state index is 12.9. The molecule has 26 heavy (non-hydrogen) atoms. The van der Waals surface area contributed by atoms with Crippen LogP contribution in [0.5, 0.6) is 0 Å². The smallest absolute Gasteiger partial charge is 0.258 e. The van der Waals surface area contributed by atoms with Crippen LogP contribution in [-0.4, -0.2) is 29.0 Å². The van der Waals surface area contributed by atoms with Crippen molar-refractivity contribution in [3.05, 3.63) is 49.7 Å². The van der Waals surface area contributed by atoms with E-state index < -0.39 is 5.92 Å². The van der Waals surface area contributed by atoms with E-state index in [2.05, 4.69) is 20.2 Å². The summed E-state index contributed by atoms with van der Waals surface area (Å²) in [6, 6.07) is 5.09. The number of carbonyl (C=O) groups excluding carboxylic acids is 1. The first kappa shape index (κ1) is 17.4. The van der Waals surface area contributed by atoms with E-state index in [1.165, 1.54) is 6.42 Å². The summed E-state index contributed by atoms with van der Waals surface area (Å²) in [5.74, 6) is 0.199. The Morgan fingerprint density at radius 1 is 1.12 bits per heavy atom. The van der Waals surface area contributed by atoms with Gasteiger partial charge in [-0.15, -0.1) is 0 Å². The molecule has 4 rings (SSSR count). The average molecular weight is 393 g/mol. The quantitative estimate of drug-likeness (QED) is 0.818.